The summed E-state index contributed by atoms with van der Waals surface area (Å²) in [6.07, 6.45) is 5.75. The second-order valence-corrected chi connectivity index (χ2v) is 7.93. The molecule has 1 aromatic heterocycles. The van der Waals surface area contributed by atoms with Gasteiger partial charge in [0.2, 0.25) is 5.91 Å². The zero-order valence-electron chi connectivity index (χ0n) is 13.1. The van der Waals surface area contributed by atoms with Crippen LogP contribution in [0.4, 0.5) is 5.69 Å². The SMILES string of the molecule is O=C1C(N(S)S(O)=S)CCCN1c1ccc(-n2ccncc2=O)cc1. The molecule has 25 heavy (non-hydrogen) atoms. The number of amides is 1. The topological polar surface area (TPSA) is 78.7 Å². The van der Waals surface area contributed by atoms with Gasteiger partial charge in [-0.3, -0.25) is 19.1 Å². The molecule has 1 N–H and O–H groups in total. The van der Waals surface area contributed by atoms with E-state index < -0.39 is 16.0 Å². The Morgan fingerprint density at radius 3 is 2.60 bits per heavy atom. The van der Waals surface area contributed by atoms with E-state index in [1.54, 1.807) is 35.4 Å². The number of aromatic nitrogens is 2. The maximum atomic E-state index is 12.7. The number of hydrogen-bond acceptors (Lipinski definition) is 5. The molecule has 1 amide bonds. The van der Waals surface area contributed by atoms with Crippen molar-refractivity contribution in [2.45, 2.75) is 18.9 Å². The van der Waals surface area contributed by atoms with Crippen molar-refractivity contribution in [2.75, 3.05) is 11.4 Å². The van der Waals surface area contributed by atoms with Crippen molar-refractivity contribution in [1.82, 2.24) is 13.3 Å². The second kappa shape index (κ2) is 7.75. The number of carbonyl (C=O) groups excluding carboxylic acids is 1. The van der Waals surface area contributed by atoms with Crippen LogP contribution in [0.15, 0.2) is 47.7 Å². The van der Waals surface area contributed by atoms with Crippen LogP contribution in [0.1, 0.15) is 12.8 Å². The van der Waals surface area contributed by atoms with E-state index in [1.165, 1.54) is 20.7 Å². The van der Waals surface area contributed by atoms with Crippen LogP contribution in [-0.4, -0.2) is 36.3 Å². The fourth-order valence-electron chi connectivity index (χ4n) is 2.78. The molecular formula is C15H16N4O3S3. The lowest BCUT2D eigenvalue weighted by molar-refractivity contribution is -0.122. The molecule has 2 heterocycles. The van der Waals surface area contributed by atoms with Crippen molar-refractivity contribution in [2.24, 2.45) is 0 Å². The average Bonchev–Trinajstić information content (AvgIpc) is 2.62. The lowest BCUT2D eigenvalue weighted by atomic mass is 10.0. The minimum atomic E-state index is -1.49. The van der Waals surface area contributed by atoms with E-state index in [4.69, 9.17) is 11.2 Å². The van der Waals surface area contributed by atoms with Crippen molar-refractivity contribution in [3.05, 3.63) is 53.2 Å². The van der Waals surface area contributed by atoms with E-state index in [-0.39, 0.29) is 11.5 Å². The summed E-state index contributed by atoms with van der Waals surface area (Å²) in [4.78, 5) is 30.0. The van der Waals surface area contributed by atoms with Crippen LogP contribution in [0.2, 0.25) is 0 Å². The quantitative estimate of drug-likeness (QED) is 0.760. The Balaban J connectivity index is 1.84. The monoisotopic (exact) mass is 396 g/mol. The Kier molecular flexibility index (Phi) is 5.64. The van der Waals surface area contributed by atoms with E-state index in [0.717, 1.165) is 12.1 Å². The van der Waals surface area contributed by atoms with Gasteiger partial charge in [-0.15, -0.1) is 0 Å². The molecule has 1 aliphatic rings. The summed E-state index contributed by atoms with van der Waals surface area (Å²) >= 11 is 8.95. The summed E-state index contributed by atoms with van der Waals surface area (Å²) in [5.74, 6) is -0.147. The fraction of sp³-hybridized carbons (Fsp3) is 0.267. The largest absolute Gasteiger partial charge is 0.315 e. The van der Waals surface area contributed by atoms with Gasteiger partial charge < -0.3 is 9.45 Å². The van der Waals surface area contributed by atoms with Gasteiger partial charge in [0.25, 0.3) is 5.56 Å². The van der Waals surface area contributed by atoms with Crippen molar-refractivity contribution in [1.29, 1.82) is 0 Å². The van der Waals surface area contributed by atoms with Crippen LogP contribution in [0.3, 0.4) is 0 Å². The van der Waals surface area contributed by atoms with Crippen molar-refractivity contribution in [3.63, 3.8) is 0 Å². The minimum absolute atomic E-state index is 0.147. The maximum Gasteiger partial charge on any atom is 0.273 e. The molecule has 132 valence electrons. The van der Waals surface area contributed by atoms with Crippen LogP contribution in [0.25, 0.3) is 5.69 Å². The highest BCUT2D eigenvalue weighted by atomic mass is 32.8. The van der Waals surface area contributed by atoms with Gasteiger partial charge in [0.05, 0.1) is 16.1 Å². The smallest absolute Gasteiger partial charge is 0.273 e. The molecular weight excluding hydrogens is 380 g/mol. The standard InChI is InChI=1S/C15H16N4O3S3/c20-14-10-16-7-9-17(14)11-3-5-12(6-4-11)18-8-1-2-13(15(18)21)19(23)25(22)24/h3-7,9-10,13,23H,1-2,8H2,(H,22,24). The third kappa shape index (κ3) is 3.82. The fourth-order valence-corrected chi connectivity index (χ4v) is 3.72. The summed E-state index contributed by atoms with van der Waals surface area (Å²) in [6.45, 7) is 0.585. The first-order valence-electron chi connectivity index (χ1n) is 7.52. The van der Waals surface area contributed by atoms with E-state index in [0.29, 0.717) is 18.7 Å². The Hall–Kier alpha value is -1.59. The summed E-state index contributed by atoms with van der Waals surface area (Å²) < 4.78 is 12.2. The summed E-state index contributed by atoms with van der Waals surface area (Å²) in [5.41, 5.74) is 1.19. The van der Waals surface area contributed by atoms with Crippen molar-refractivity contribution in [3.8, 4) is 5.69 Å². The Morgan fingerprint density at radius 2 is 1.96 bits per heavy atom. The first-order chi connectivity index (χ1) is 12.0. The van der Waals surface area contributed by atoms with E-state index in [9.17, 15) is 14.1 Å². The number of rotatable bonds is 4. The number of piperidine rings is 1. The van der Waals surface area contributed by atoms with Crippen molar-refractivity contribution >= 4 is 45.5 Å². The highest BCUT2D eigenvalue weighted by molar-refractivity contribution is 8.27. The van der Waals surface area contributed by atoms with Gasteiger partial charge in [-0.25, -0.2) is 0 Å². The number of carbonyl (C=O) groups is 1. The average molecular weight is 397 g/mol. The first kappa shape index (κ1) is 18.2. The summed E-state index contributed by atoms with van der Waals surface area (Å²) in [7, 11) is -1.49. The molecule has 2 unspecified atom stereocenters. The summed E-state index contributed by atoms with van der Waals surface area (Å²) in [6, 6.07) is 6.58. The van der Waals surface area contributed by atoms with Crippen LogP contribution >= 0.6 is 12.8 Å². The Labute approximate surface area is 157 Å². The number of thiol groups is 1. The highest BCUT2D eigenvalue weighted by Crippen LogP contribution is 2.26. The highest BCUT2D eigenvalue weighted by Gasteiger charge is 2.34. The van der Waals surface area contributed by atoms with Gasteiger partial charge in [-0.05, 0) is 48.3 Å². The van der Waals surface area contributed by atoms with Crippen LogP contribution < -0.4 is 10.5 Å². The van der Waals surface area contributed by atoms with Crippen LogP contribution in [0.5, 0.6) is 0 Å². The molecule has 0 aliphatic carbocycles. The normalized spacial score (nSPS) is 19.2. The van der Waals surface area contributed by atoms with Gasteiger partial charge >= 0.3 is 0 Å². The Morgan fingerprint density at radius 1 is 1.28 bits per heavy atom. The van der Waals surface area contributed by atoms with Gasteiger partial charge in [0.1, 0.15) is 6.04 Å². The zero-order valence-corrected chi connectivity index (χ0v) is 15.6. The third-order valence-corrected chi connectivity index (χ3v) is 6.13. The zero-order chi connectivity index (χ0) is 18.0. The molecule has 1 saturated heterocycles. The molecule has 2 atom stereocenters. The second-order valence-electron chi connectivity index (χ2n) is 5.48. The minimum Gasteiger partial charge on any atom is -0.315 e. The molecule has 0 radical (unpaired) electrons. The lowest BCUT2D eigenvalue weighted by Crippen LogP contribution is -2.50. The van der Waals surface area contributed by atoms with E-state index in [2.05, 4.69) is 17.8 Å². The van der Waals surface area contributed by atoms with E-state index in [1.807, 2.05) is 0 Å². The van der Waals surface area contributed by atoms with Crippen molar-refractivity contribution < 1.29 is 9.35 Å². The first-order valence-corrected chi connectivity index (χ1v) is 9.99. The lowest BCUT2D eigenvalue weighted by Gasteiger charge is -2.35. The predicted molar refractivity (Wildman–Crippen MR) is 103 cm³/mol. The third-order valence-electron chi connectivity index (χ3n) is 4.00. The summed E-state index contributed by atoms with van der Waals surface area (Å²) in [5, 5.41) is 0. The molecule has 0 bridgehead atoms. The van der Waals surface area contributed by atoms with Crippen LogP contribution in [0, 0.1) is 0 Å². The molecule has 10 heteroatoms. The number of nitrogens with zero attached hydrogens (tertiary/aromatic N) is 4. The number of benzene rings is 1. The molecule has 7 nitrogen and oxygen atoms in total. The van der Waals surface area contributed by atoms with Gasteiger partial charge in [-0.1, -0.05) is 12.8 Å². The number of anilines is 1. The number of hydrogen-bond donors (Lipinski definition) is 2. The van der Waals surface area contributed by atoms with Crippen LogP contribution in [-0.2, 0) is 25.9 Å². The molecule has 1 aliphatic heterocycles. The van der Waals surface area contributed by atoms with Gasteiger partial charge in [0, 0.05) is 30.3 Å². The van der Waals surface area contributed by atoms with Gasteiger partial charge in [-0.2, -0.15) is 3.71 Å². The molecule has 0 saturated carbocycles. The molecule has 1 fully saturated rings. The Bertz CT molecular complexity index is 856. The molecule has 3 rings (SSSR count). The van der Waals surface area contributed by atoms with E-state index >= 15 is 0 Å². The maximum absolute atomic E-state index is 12.7. The molecule has 2 aromatic rings. The molecule has 0 spiro atoms. The predicted octanol–water partition coefficient (Wildman–Crippen LogP) is 1.34. The molecule has 1 aromatic carbocycles. The van der Waals surface area contributed by atoms with Gasteiger partial charge in [0.15, 0.2) is 0 Å².